The topological polar surface area (TPSA) is 73.0 Å². The fourth-order valence-corrected chi connectivity index (χ4v) is 3.02. The summed E-state index contributed by atoms with van der Waals surface area (Å²) in [5, 5.41) is 8.89. The van der Waals surface area contributed by atoms with E-state index in [1.165, 1.54) is 6.92 Å². The lowest BCUT2D eigenvalue weighted by Gasteiger charge is -2.06. The normalized spacial score (nSPS) is 11.9. The van der Waals surface area contributed by atoms with Gasteiger partial charge in [-0.3, -0.25) is 0 Å². The Hall–Kier alpha value is -3.02. The SMILES string of the molecule is CCCn1c2ccc(N=O)cc2c2cc(/C(C)=N/OC(C)=O)ccc21. The summed E-state index contributed by atoms with van der Waals surface area (Å²) in [4.78, 5) is 26.6. The van der Waals surface area contributed by atoms with Crippen molar-refractivity contribution in [3.63, 3.8) is 0 Å². The predicted octanol–water partition coefficient (Wildman–Crippen LogP) is 4.89. The molecule has 6 heteroatoms. The first-order chi connectivity index (χ1) is 12.0. The molecule has 0 N–H and O–H groups in total. The van der Waals surface area contributed by atoms with Crippen molar-refractivity contribution in [1.82, 2.24) is 4.57 Å². The number of hydrogen-bond acceptors (Lipinski definition) is 5. The molecule has 0 bridgehead atoms. The fourth-order valence-electron chi connectivity index (χ4n) is 3.02. The van der Waals surface area contributed by atoms with Crippen LogP contribution in [0, 0.1) is 4.91 Å². The Labute approximate surface area is 145 Å². The molecule has 1 heterocycles. The van der Waals surface area contributed by atoms with Crippen LogP contribution in [-0.2, 0) is 16.2 Å². The monoisotopic (exact) mass is 337 g/mol. The summed E-state index contributed by atoms with van der Waals surface area (Å²) in [7, 11) is 0. The van der Waals surface area contributed by atoms with Crippen molar-refractivity contribution in [2.75, 3.05) is 0 Å². The van der Waals surface area contributed by atoms with Gasteiger partial charge in [0.15, 0.2) is 0 Å². The molecule has 128 valence electrons. The Morgan fingerprint density at radius 3 is 2.40 bits per heavy atom. The van der Waals surface area contributed by atoms with Gasteiger partial charge in [-0.1, -0.05) is 18.1 Å². The minimum absolute atomic E-state index is 0.402. The zero-order valence-corrected chi connectivity index (χ0v) is 14.4. The molecule has 0 amide bonds. The Kier molecular flexibility index (Phi) is 4.61. The summed E-state index contributed by atoms with van der Waals surface area (Å²) in [6.07, 6.45) is 1.00. The van der Waals surface area contributed by atoms with E-state index in [0.29, 0.717) is 11.4 Å². The van der Waals surface area contributed by atoms with Crippen LogP contribution in [0.2, 0.25) is 0 Å². The Balaban J connectivity index is 2.23. The van der Waals surface area contributed by atoms with Crippen LogP contribution in [0.25, 0.3) is 21.8 Å². The number of hydrogen-bond donors (Lipinski definition) is 0. The maximum absolute atomic E-state index is 10.9. The average molecular weight is 337 g/mol. The van der Waals surface area contributed by atoms with Gasteiger partial charge in [0.25, 0.3) is 0 Å². The van der Waals surface area contributed by atoms with E-state index in [1.54, 1.807) is 19.1 Å². The molecule has 0 atom stereocenters. The largest absolute Gasteiger partial charge is 0.340 e. The molecule has 0 radical (unpaired) electrons. The number of aromatic nitrogens is 1. The van der Waals surface area contributed by atoms with Crippen LogP contribution >= 0.6 is 0 Å². The average Bonchev–Trinajstić information content (AvgIpc) is 2.92. The van der Waals surface area contributed by atoms with Crippen LogP contribution in [0.3, 0.4) is 0 Å². The number of fused-ring (bicyclic) bond motifs is 3. The molecule has 0 fully saturated rings. The highest BCUT2D eigenvalue weighted by Crippen LogP contribution is 2.33. The molecule has 0 saturated carbocycles. The van der Waals surface area contributed by atoms with E-state index >= 15 is 0 Å². The maximum atomic E-state index is 10.9. The fraction of sp³-hybridized carbons (Fsp3) is 0.263. The van der Waals surface area contributed by atoms with Crippen molar-refractivity contribution in [2.24, 2.45) is 10.3 Å². The molecule has 1 aromatic heterocycles. The van der Waals surface area contributed by atoms with Crippen LogP contribution in [-0.4, -0.2) is 16.2 Å². The first-order valence-corrected chi connectivity index (χ1v) is 8.17. The van der Waals surface area contributed by atoms with Gasteiger partial charge in [-0.05, 0) is 54.4 Å². The highest BCUT2D eigenvalue weighted by Gasteiger charge is 2.12. The molecule has 2 aromatic carbocycles. The van der Waals surface area contributed by atoms with E-state index in [4.69, 9.17) is 4.84 Å². The lowest BCUT2D eigenvalue weighted by Crippen LogP contribution is -2.00. The third-order valence-electron chi connectivity index (χ3n) is 4.13. The second-order valence-corrected chi connectivity index (χ2v) is 5.94. The van der Waals surface area contributed by atoms with E-state index in [9.17, 15) is 9.70 Å². The van der Waals surface area contributed by atoms with E-state index < -0.39 is 5.97 Å². The van der Waals surface area contributed by atoms with Crippen molar-refractivity contribution >= 4 is 39.2 Å². The number of carbonyl (C=O) groups excluding carboxylic acids is 1. The number of carbonyl (C=O) groups is 1. The van der Waals surface area contributed by atoms with Gasteiger partial charge in [-0.2, -0.15) is 0 Å². The number of nitrogens with zero attached hydrogens (tertiary/aromatic N) is 3. The summed E-state index contributed by atoms with van der Waals surface area (Å²) in [6, 6.07) is 11.4. The molecule has 0 saturated heterocycles. The van der Waals surface area contributed by atoms with Crippen LogP contribution in [0.1, 0.15) is 32.8 Å². The number of rotatable bonds is 5. The van der Waals surface area contributed by atoms with Crippen molar-refractivity contribution in [3.05, 3.63) is 46.9 Å². The summed E-state index contributed by atoms with van der Waals surface area (Å²) in [5.41, 5.74) is 4.02. The van der Waals surface area contributed by atoms with Crippen LogP contribution < -0.4 is 0 Å². The molecule has 0 aliphatic rings. The maximum Gasteiger partial charge on any atom is 0.331 e. The van der Waals surface area contributed by atoms with Crippen molar-refractivity contribution in [2.45, 2.75) is 33.7 Å². The molecule has 0 spiro atoms. The first-order valence-electron chi connectivity index (χ1n) is 8.17. The minimum Gasteiger partial charge on any atom is -0.340 e. The molecule has 3 aromatic rings. The lowest BCUT2D eigenvalue weighted by molar-refractivity contribution is -0.140. The highest BCUT2D eigenvalue weighted by molar-refractivity contribution is 6.12. The van der Waals surface area contributed by atoms with Gasteiger partial charge in [0.05, 0.1) is 5.71 Å². The standard InChI is InChI=1S/C19H19N3O3/c1-4-9-22-18-7-5-14(12(2)21-25-13(3)23)10-16(18)17-11-15(20-24)6-8-19(17)22/h5-8,10-11H,4,9H2,1-3H3/b21-12+. The van der Waals surface area contributed by atoms with Gasteiger partial charge in [0.2, 0.25) is 0 Å². The smallest absolute Gasteiger partial charge is 0.331 e. The number of aryl methyl sites for hydroxylation is 1. The predicted molar refractivity (Wildman–Crippen MR) is 99.2 cm³/mol. The van der Waals surface area contributed by atoms with Crippen molar-refractivity contribution < 1.29 is 9.63 Å². The molecule has 0 aliphatic carbocycles. The third kappa shape index (κ3) is 3.15. The molecule has 0 aliphatic heterocycles. The van der Waals surface area contributed by atoms with Gasteiger partial charge in [0, 0.05) is 35.3 Å². The van der Waals surface area contributed by atoms with Gasteiger partial charge >= 0.3 is 5.97 Å². The molecule has 6 nitrogen and oxygen atoms in total. The summed E-state index contributed by atoms with van der Waals surface area (Å²) in [5.74, 6) is -0.457. The highest BCUT2D eigenvalue weighted by atomic mass is 16.7. The van der Waals surface area contributed by atoms with E-state index in [0.717, 1.165) is 40.3 Å². The summed E-state index contributed by atoms with van der Waals surface area (Å²) >= 11 is 0. The Morgan fingerprint density at radius 2 is 1.76 bits per heavy atom. The summed E-state index contributed by atoms with van der Waals surface area (Å²) in [6.45, 7) is 6.11. The molecular weight excluding hydrogens is 318 g/mol. The molecular formula is C19H19N3O3. The second kappa shape index (κ2) is 6.84. The molecule has 3 rings (SSSR count). The summed E-state index contributed by atoms with van der Waals surface area (Å²) < 4.78 is 2.24. The van der Waals surface area contributed by atoms with Crippen LogP contribution in [0.5, 0.6) is 0 Å². The van der Waals surface area contributed by atoms with Crippen LogP contribution in [0.15, 0.2) is 46.7 Å². The first kappa shape index (κ1) is 16.8. The van der Waals surface area contributed by atoms with E-state index in [2.05, 4.69) is 21.8 Å². The van der Waals surface area contributed by atoms with E-state index in [-0.39, 0.29) is 0 Å². The van der Waals surface area contributed by atoms with Gasteiger partial charge in [0.1, 0.15) is 5.69 Å². The molecule has 0 unspecified atom stereocenters. The van der Waals surface area contributed by atoms with Gasteiger partial charge in [-0.25, -0.2) is 4.79 Å². The zero-order valence-electron chi connectivity index (χ0n) is 14.4. The van der Waals surface area contributed by atoms with Crippen LogP contribution in [0.4, 0.5) is 5.69 Å². The second-order valence-electron chi connectivity index (χ2n) is 5.94. The van der Waals surface area contributed by atoms with Gasteiger partial charge < -0.3 is 9.40 Å². The van der Waals surface area contributed by atoms with Crippen molar-refractivity contribution in [1.29, 1.82) is 0 Å². The lowest BCUT2D eigenvalue weighted by atomic mass is 10.1. The zero-order chi connectivity index (χ0) is 18.0. The number of benzene rings is 2. The number of oxime groups is 1. The van der Waals surface area contributed by atoms with Crippen molar-refractivity contribution in [3.8, 4) is 0 Å². The van der Waals surface area contributed by atoms with E-state index in [1.807, 2.05) is 24.3 Å². The third-order valence-corrected chi connectivity index (χ3v) is 4.13. The minimum atomic E-state index is -0.457. The Morgan fingerprint density at radius 1 is 1.08 bits per heavy atom. The Bertz CT molecular complexity index is 1000. The quantitative estimate of drug-likeness (QED) is 0.288. The van der Waals surface area contributed by atoms with Gasteiger partial charge in [-0.15, -0.1) is 4.91 Å². The number of nitroso groups, excluding NO2 is 1. The molecule has 25 heavy (non-hydrogen) atoms.